The molecule has 0 unspecified atom stereocenters. The molecule has 0 saturated carbocycles. The maximum Gasteiger partial charge on any atom is 0.240 e. The molecule has 2 aromatic carbocycles. The van der Waals surface area contributed by atoms with E-state index in [1.165, 1.54) is 30.7 Å². The van der Waals surface area contributed by atoms with Crippen molar-refractivity contribution in [2.24, 2.45) is 0 Å². The molecule has 0 spiro atoms. The van der Waals surface area contributed by atoms with E-state index in [9.17, 15) is 17.6 Å². The molecule has 4 aromatic rings. The first-order chi connectivity index (χ1) is 14.8. The topological polar surface area (TPSA) is 81.3 Å². The van der Waals surface area contributed by atoms with Gasteiger partial charge >= 0.3 is 0 Å². The Morgan fingerprint density at radius 3 is 2.65 bits per heavy atom. The van der Waals surface area contributed by atoms with E-state index in [-0.39, 0.29) is 34.5 Å². The quantitative estimate of drug-likeness (QED) is 0.445. The smallest absolute Gasteiger partial charge is 0.240 e. The van der Waals surface area contributed by atoms with Crippen molar-refractivity contribution in [3.05, 3.63) is 89.2 Å². The summed E-state index contributed by atoms with van der Waals surface area (Å²) >= 11 is 6.02. The number of furan rings is 1. The number of nitrogens with zero attached hydrogens (tertiary/aromatic N) is 1. The number of halogens is 2. The van der Waals surface area contributed by atoms with Gasteiger partial charge in [-0.1, -0.05) is 35.9 Å². The maximum absolute atomic E-state index is 14.2. The summed E-state index contributed by atoms with van der Waals surface area (Å²) in [4.78, 5) is 12.4. The number of hydrogen-bond donors (Lipinski definition) is 1. The fourth-order valence-electron chi connectivity index (χ4n) is 3.34. The van der Waals surface area contributed by atoms with Gasteiger partial charge in [0, 0.05) is 27.7 Å². The molecule has 0 aliphatic rings. The molecule has 4 rings (SSSR count). The molecule has 0 aliphatic heterocycles. The van der Waals surface area contributed by atoms with Gasteiger partial charge in [-0.25, -0.2) is 12.8 Å². The Hall–Kier alpha value is -3.10. The molecule has 0 radical (unpaired) electrons. The predicted molar refractivity (Wildman–Crippen MR) is 115 cm³/mol. The Labute approximate surface area is 183 Å². The SMILES string of the molecule is O=C(Cn1cc(S(=O)(=O)Cc2c(F)cccc2Cl)c2ccccc21)NCc1ccco1. The highest BCUT2D eigenvalue weighted by Gasteiger charge is 2.24. The largest absolute Gasteiger partial charge is 0.467 e. The zero-order valence-corrected chi connectivity index (χ0v) is 17.8. The van der Waals surface area contributed by atoms with Crippen molar-refractivity contribution in [2.45, 2.75) is 23.7 Å². The fraction of sp³-hybridized carbons (Fsp3) is 0.136. The second-order valence-corrected chi connectivity index (χ2v) is 9.32. The van der Waals surface area contributed by atoms with Crippen molar-refractivity contribution in [3.8, 4) is 0 Å². The van der Waals surface area contributed by atoms with Crippen LogP contribution in [0.4, 0.5) is 4.39 Å². The van der Waals surface area contributed by atoms with Crippen molar-refractivity contribution >= 4 is 38.2 Å². The maximum atomic E-state index is 14.2. The zero-order valence-electron chi connectivity index (χ0n) is 16.2. The number of benzene rings is 2. The summed E-state index contributed by atoms with van der Waals surface area (Å²) in [7, 11) is -3.94. The molecule has 0 bridgehead atoms. The average molecular weight is 461 g/mol. The van der Waals surface area contributed by atoms with Gasteiger partial charge < -0.3 is 14.3 Å². The van der Waals surface area contributed by atoms with Crippen molar-refractivity contribution in [2.75, 3.05) is 0 Å². The van der Waals surface area contributed by atoms with E-state index < -0.39 is 21.4 Å². The summed E-state index contributed by atoms with van der Waals surface area (Å²) in [6, 6.07) is 14.3. The minimum absolute atomic E-state index is 0.0151. The van der Waals surface area contributed by atoms with E-state index in [1.807, 2.05) is 0 Å². The zero-order chi connectivity index (χ0) is 22.0. The Balaban J connectivity index is 1.63. The van der Waals surface area contributed by atoms with Gasteiger partial charge in [-0.05, 0) is 30.3 Å². The molecule has 160 valence electrons. The van der Waals surface area contributed by atoms with Crippen LogP contribution in [0.5, 0.6) is 0 Å². The van der Waals surface area contributed by atoms with Crippen LogP contribution in [0.15, 0.2) is 76.4 Å². The van der Waals surface area contributed by atoms with Gasteiger partial charge in [0.2, 0.25) is 5.91 Å². The van der Waals surface area contributed by atoms with Crippen molar-refractivity contribution in [3.63, 3.8) is 0 Å². The lowest BCUT2D eigenvalue weighted by Crippen LogP contribution is -2.26. The molecule has 2 aromatic heterocycles. The molecular weight excluding hydrogens is 443 g/mol. The highest BCUT2D eigenvalue weighted by molar-refractivity contribution is 7.90. The van der Waals surface area contributed by atoms with Gasteiger partial charge in [0.1, 0.15) is 18.1 Å². The van der Waals surface area contributed by atoms with Crippen molar-refractivity contribution in [1.82, 2.24) is 9.88 Å². The number of fused-ring (bicyclic) bond motifs is 1. The molecule has 0 fully saturated rings. The first-order valence-corrected chi connectivity index (χ1v) is 11.4. The van der Waals surface area contributed by atoms with Crippen LogP contribution >= 0.6 is 11.6 Å². The Morgan fingerprint density at radius 1 is 1.10 bits per heavy atom. The first-order valence-electron chi connectivity index (χ1n) is 9.38. The third-order valence-electron chi connectivity index (χ3n) is 4.84. The number of amides is 1. The second-order valence-electron chi connectivity index (χ2n) is 6.95. The summed E-state index contributed by atoms with van der Waals surface area (Å²) in [5, 5.41) is 3.23. The summed E-state index contributed by atoms with van der Waals surface area (Å²) in [6.45, 7) is 0.138. The van der Waals surface area contributed by atoms with Gasteiger partial charge in [-0.3, -0.25) is 4.79 Å². The molecule has 31 heavy (non-hydrogen) atoms. The Bertz CT molecular complexity index is 1330. The minimum atomic E-state index is -3.94. The number of sulfone groups is 1. The van der Waals surface area contributed by atoms with Crippen LogP contribution in [0.1, 0.15) is 11.3 Å². The molecule has 1 N–H and O–H groups in total. The fourth-order valence-corrected chi connectivity index (χ4v) is 5.27. The Kier molecular flexibility index (Phi) is 5.84. The molecule has 0 saturated heterocycles. The highest BCUT2D eigenvalue weighted by Crippen LogP contribution is 2.30. The van der Waals surface area contributed by atoms with Crippen molar-refractivity contribution in [1.29, 1.82) is 0 Å². The molecule has 0 aliphatic carbocycles. The lowest BCUT2D eigenvalue weighted by molar-refractivity contribution is -0.121. The van der Waals surface area contributed by atoms with Crippen LogP contribution in [0.3, 0.4) is 0 Å². The molecule has 0 atom stereocenters. The van der Waals surface area contributed by atoms with E-state index in [0.29, 0.717) is 16.7 Å². The number of para-hydroxylation sites is 1. The number of hydrogen-bond acceptors (Lipinski definition) is 4. The number of carbonyl (C=O) groups excluding carboxylic acids is 1. The standard InChI is InChI=1S/C22H18ClFN2O4S/c23-18-7-3-8-19(24)17(18)14-31(28,29)21-12-26(20-9-2-1-6-16(20)21)13-22(27)25-11-15-5-4-10-30-15/h1-10,12H,11,13-14H2,(H,25,27). The minimum Gasteiger partial charge on any atom is -0.467 e. The second kappa shape index (κ2) is 8.56. The summed E-state index contributed by atoms with van der Waals surface area (Å²) in [5.74, 6) is -0.969. The normalized spacial score (nSPS) is 11.7. The van der Waals surface area contributed by atoms with Gasteiger partial charge in [0.25, 0.3) is 0 Å². The van der Waals surface area contributed by atoms with Crippen LogP contribution < -0.4 is 5.32 Å². The average Bonchev–Trinajstić information content (AvgIpc) is 3.38. The van der Waals surface area contributed by atoms with Gasteiger partial charge in [-0.2, -0.15) is 0 Å². The van der Waals surface area contributed by atoms with Crippen LogP contribution in [-0.2, 0) is 33.5 Å². The number of nitrogens with one attached hydrogen (secondary N) is 1. The molecule has 2 heterocycles. The summed E-state index contributed by atoms with van der Waals surface area (Å²) < 4.78 is 47.2. The molecular formula is C22H18ClFN2O4S. The third kappa shape index (κ3) is 4.50. The monoisotopic (exact) mass is 460 g/mol. The summed E-state index contributed by atoms with van der Waals surface area (Å²) in [5.41, 5.74) is 0.492. The van der Waals surface area contributed by atoms with Crippen LogP contribution in [0, 0.1) is 5.82 Å². The molecule has 6 nitrogen and oxygen atoms in total. The predicted octanol–water partition coefficient (Wildman–Crippen LogP) is 4.32. The van der Waals surface area contributed by atoms with E-state index in [0.717, 1.165) is 0 Å². The third-order valence-corrected chi connectivity index (χ3v) is 6.86. The first kappa shape index (κ1) is 21.1. The van der Waals surface area contributed by atoms with E-state index in [1.54, 1.807) is 41.0 Å². The van der Waals surface area contributed by atoms with Crippen molar-refractivity contribution < 1.29 is 22.0 Å². The van der Waals surface area contributed by atoms with E-state index >= 15 is 0 Å². The number of carbonyl (C=O) groups is 1. The van der Waals surface area contributed by atoms with Gasteiger partial charge in [0.15, 0.2) is 9.84 Å². The van der Waals surface area contributed by atoms with E-state index in [2.05, 4.69) is 5.32 Å². The molecule has 9 heteroatoms. The number of aromatic nitrogens is 1. The van der Waals surface area contributed by atoms with Gasteiger partial charge in [0.05, 0.1) is 23.5 Å². The Morgan fingerprint density at radius 2 is 1.90 bits per heavy atom. The number of rotatable bonds is 7. The van der Waals surface area contributed by atoms with Gasteiger partial charge in [-0.15, -0.1) is 0 Å². The van der Waals surface area contributed by atoms with Crippen LogP contribution in [0.2, 0.25) is 5.02 Å². The highest BCUT2D eigenvalue weighted by atomic mass is 35.5. The molecule has 1 amide bonds. The lowest BCUT2D eigenvalue weighted by atomic mass is 10.2. The van der Waals surface area contributed by atoms with Crippen LogP contribution in [-0.4, -0.2) is 18.9 Å². The lowest BCUT2D eigenvalue weighted by Gasteiger charge is -2.07. The van der Waals surface area contributed by atoms with E-state index in [4.69, 9.17) is 16.0 Å². The summed E-state index contributed by atoms with van der Waals surface area (Å²) in [6.07, 6.45) is 2.92. The van der Waals surface area contributed by atoms with Crippen LogP contribution in [0.25, 0.3) is 10.9 Å².